The number of pyridine rings is 2. The molecule has 0 bridgehead atoms. The van der Waals surface area contributed by atoms with E-state index < -0.39 is 0 Å². The number of nitrogens with one attached hydrogen (secondary N) is 1. The van der Waals surface area contributed by atoms with Crippen LogP contribution in [-0.4, -0.2) is 23.6 Å². The number of aromatic nitrogens is 2. The summed E-state index contributed by atoms with van der Waals surface area (Å²) in [6.07, 6.45) is 6.75. The number of anilines is 1. The van der Waals surface area contributed by atoms with E-state index in [-0.39, 0.29) is 0 Å². The second-order valence-corrected chi connectivity index (χ2v) is 5.34. The smallest absolute Gasteiger partial charge is 0.128 e. The van der Waals surface area contributed by atoms with Crippen molar-refractivity contribution in [3.05, 3.63) is 54.0 Å². The lowest BCUT2D eigenvalue weighted by atomic mass is 10.1. The van der Waals surface area contributed by atoms with Crippen LogP contribution in [0.2, 0.25) is 0 Å². The summed E-state index contributed by atoms with van der Waals surface area (Å²) in [6.45, 7) is 6.21. The minimum atomic E-state index is 0.344. The summed E-state index contributed by atoms with van der Waals surface area (Å²) < 4.78 is 0. The van der Waals surface area contributed by atoms with Gasteiger partial charge in [-0.05, 0) is 49.2 Å². The molecule has 2 aromatic heterocycles. The van der Waals surface area contributed by atoms with E-state index in [0.717, 1.165) is 25.3 Å². The highest BCUT2D eigenvalue weighted by molar-refractivity contribution is 5.39. The first kappa shape index (κ1) is 15.4. The Labute approximate surface area is 127 Å². The monoisotopic (exact) mass is 284 g/mol. The van der Waals surface area contributed by atoms with E-state index in [1.165, 1.54) is 11.1 Å². The van der Waals surface area contributed by atoms with E-state index in [1.807, 2.05) is 30.7 Å². The van der Waals surface area contributed by atoms with Gasteiger partial charge in [0.2, 0.25) is 0 Å². The number of rotatable bonds is 7. The molecule has 0 aliphatic carbocycles. The number of nitrogens with zero attached hydrogens (tertiary/aromatic N) is 3. The Morgan fingerprint density at radius 2 is 1.95 bits per heavy atom. The molecule has 0 amide bonds. The SMILES string of the molecule is CCCNC(C)c1ccc(N(C)Cc2ccncc2)nc1. The molecule has 1 atom stereocenters. The van der Waals surface area contributed by atoms with Crippen LogP contribution in [0.5, 0.6) is 0 Å². The van der Waals surface area contributed by atoms with E-state index in [2.05, 4.69) is 53.2 Å². The summed E-state index contributed by atoms with van der Waals surface area (Å²) in [5, 5.41) is 3.48. The van der Waals surface area contributed by atoms with Crippen LogP contribution in [-0.2, 0) is 6.54 Å². The van der Waals surface area contributed by atoms with Crippen LogP contribution in [0.15, 0.2) is 42.9 Å². The quantitative estimate of drug-likeness (QED) is 0.848. The second kappa shape index (κ2) is 7.74. The Kier molecular flexibility index (Phi) is 5.69. The second-order valence-electron chi connectivity index (χ2n) is 5.34. The van der Waals surface area contributed by atoms with Crippen molar-refractivity contribution in [3.63, 3.8) is 0 Å². The number of hydrogen-bond acceptors (Lipinski definition) is 4. The summed E-state index contributed by atoms with van der Waals surface area (Å²) in [7, 11) is 2.06. The lowest BCUT2D eigenvalue weighted by Crippen LogP contribution is -2.20. The standard InChI is InChI=1S/C17H24N4/c1-4-9-19-14(2)16-5-6-17(20-12-16)21(3)13-15-7-10-18-11-8-15/h5-8,10-12,14,19H,4,9,13H2,1-3H3. The molecule has 1 unspecified atom stereocenters. The van der Waals surface area contributed by atoms with Crippen molar-refractivity contribution in [2.75, 3.05) is 18.5 Å². The molecule has 0 aliphatic rings. The van der Waals surface area contributed by atoms with Crippen LogP contribution in [0.25, 0.3) is 0 Å². The third-order valence-corrected chi connectivity index (χ3v) is 3.53. The molecule has 0 saturated carbocycles. The minimum absolute atomic E-state index is 0.344. The van der Waals surface area contributed by atoms with Crippen LogP contribution < -0.4 is 10.2 Å². The topological polar surface area (TPSA) is 41.0 Å². The third-order valence-electron chi connectivity index (χ3n) is 3.53. The lowest BCUT2D eigenvalue weighted by Gasteiger charge is -2.19. The van der Waals surface area contributed by atoms with Gasteiger partial charge in [0.1, 0.15) is 5.82 Å². The average Bonchev–Trinajstić information content (AvgIpc) is 2.53. The summed E-state index contributed by atoms with van der Waals surface area (Å²) in [6, 6.07) is 8.64. The third kappa shape index (κ3) is 4.53. The molecule has 21 heavy (non-hydrogen) atoms. The van der Waals surface area contributed by atoms with Crippen molar-refractivity contribution in [1.29, 1.82) is 0 Å². The molecule has 112 valence electrons. The molecular formula is C17H24N4. The molecule has 0 saturated heterocycles. The Bertz CT molecular complexity index is 524. The highest BCUT2D eigenvalue weighted by Crippen LogP contribution is 2.16. The Morgan fingerprint density at radius 1 is 1.19 bits per heavy atom. The maximum Gasteiger partial charge on any atom is 0.128 e. The van der Waals surface area contributed by atoms with Crippen molar-refractivity contribution in [2.24, 2.45) is 0 Å². The van der Waals surface area contributed by atoms with E-state index in [1.54, 1.807) is 0 Å². The molecule has 0 radical (unpaired) electrons. The van der Waals surface area contributed by atoms with Gasteiger partial charge in [-0.1, -0.05) is 13.0 Å². The molecule has 4 nitrogen and oxygen atoms in total. The van der Waals surface area contributed by atoms with Gasteiger partial charge in [0.25, 0.3) is 0 Å². The van der Waals surface area contributed by atoms with Crippen molar-refractivity contribution >= 4 is 5.82 Å². The molecule has 2 heterocycles. The molecule has 0 aliphatic heterocycles. The first-order chi connectivity index (χ1) is 10.2. The molecule has 0 spiro atoms. The predicted molar refractivity (Wildman–Crippen MR) is 87.3 cm³/mol. The van der Waals surface area contributed by atoms with Gasteiger partial charge in [0, 0.05) is 38.2 Å². The van der Waals surface area contributed by atoms with Gasteiger partial charge in [-0.25, -0.2) is 4.98 Å². The van der Waals surface area contributed by atoms with Crippen LogP contribution >= 0.6 is 0 Å². The Balaban J connectivity index is 1.98. The van der Waals surface area contributed by atoms with E-state index >= 15 is 0 Å². The van der Waals surface area contributed by atoms with E-state index in [4.69, 9.17) is 0 Å². The van der Waals surface area contributed by atoms with Gasteiger partial charge in [-0.15, -0.1) is 0 Å². The summed E-state index contributed by atoms with van der Waals surface area (Å²) in [5.41, 5.74) is 2.46. The number of hydrogen-bond donors (Lipinski definition) is 1. The summed E-state index contributed by atoms with van der Waals surface area (Å²) in [5.74, 6) is 0.984. The van der Waals surface area contributed by atoms with Crippen molar-refractivity contribution in [2.45, 2.75) is 32.9 Å². The van der Waals surface area contributed by atoms with Gasteiger partial charge < -0.3 is 10.2 Å². The average molecular weight is 284 g/mol. The van der Waals surface area contributed by atoms with Crippen LogP contribution in [0, 0.1) is 0 Å². The van der Waals surface area contributed by atoms with Gasteiger partial charge >= 0.3 is 0 Å². The first-order valence-corrected chi connectivity index (χ1v) is 7.50. The molecule has 0 aromatic carbocycles. The maximum atomic E-state index is 4.57. The maximum absolute atomic E-state index is 4.57. The fraction of sp³-hybridized carbons (Fsp3) is 0.412. The minimum Gasteiger partial charge on any atom is -0.355 e. The highest BCUT2D eigenvalue weighted by atomic mass is 15.2. The zero-order valence-corrected chi connectivity index (χ0v) is 13.1. The zero-order valence-electron chi connectivity index (χ0n) is 13.1. The van der Waals surface area contributed by atoms with Gasteiger partial charge in [0.05, 0.1) is 0 Å². The fourth-order valence-electron chi connectivity index (χ4n) is 2.20. The van der Waals surface area contributed by atoms with Crippen molar-refractivity contribution < 1.29 is 0 Å². The molecule has 0 fully saturated rings. The van der Waals surface area contributed by atoms with Crippen LogP contribution in [0.4, 0.5) is 5.82 Å². The molecular weight excluding hydrogens is 260 g/mol. The largest absolute Gasteiger partial charge is 0.355 e. The molecule has 2 aromatic rings. The zero-order chi connectivity index (χ0) is 15.1. The Morgan fingerprint density at radius 3 is 2.57 bits per heavy atom. The first-order valence-electron chi connectivity index (χ1n) is 7.50. The van der Waals surface area contributed by atoms with Crippen LogP contribution in [0.1, 0.15) is 37.4 Å². The Hall–Kier alpha value is -1.94. The summed E-state index contributed by atoms with van der Waals surface area (Å²) in [4.78, 5) is 10.8. The summed E-state index contributed by atoms with van der Waals surface area (Å²) >= 11 is 0. The molecule has 1 N–H and O–H groups in total. The van der Waals surface area contributed by atoms with Crippen molar-refractivity contribution in [3.8, 4) is 0 Å². The highest BCUT2D eigenvalue weighted by Gasteiger charge is 2.07. The van der Waals surface area contributed by atoms with Gasteiger partial charge in [-0.2, -0.15) is 0 Å². The molecule has 4 heteroatoms. The predicted octanol–water partition coefficient (Wildman–Crippen LogP) is 3.17. The van der Waals surface area contributed by atoms with Crippen LogP contribution in [0.3, 0.4) is 0 Å². The van der Waals surface area contributed by atoms with E-state index in [0.29, 0.717) is 6.04 Å². The van der Waals surface area contributed by atoms with Crippen molar-refractivity contribution in [1.82, 2.24) is 15.3 Å². The molecule has 2 rings (SSSR count). The van der Waals surface area contributed by atoms with Gasteiger partial charge in [-0.3, -0.25) is 4.98 Å². The van der Waals surface area contributed by atoms with Gasteiger partial charge in [0.15, 0.2) is 0 Å². The van der Waals surface area contributed by atoms with E-state index in [9.17, 15) is 0 Å². The lowest BCUT2D eigenvalue weighted by molar-refractivity contribution is 0.569. The normalized spacial score (nSPS) is 12.1. The fourth-order valence-corrected chi connectivity index (χ4v) is 2.20.